The second kappa shape index (κ2) is 7.76. The van der Waals surface area contributed by atoms with Crippen molar-refractivity contribution in [1.82, 2.24) is 9.88 Å². The van der Waals surface area contributed by atoms with E-state index < -0.39 is 12.0 Å². The van der Waals surface area contributed by atoms with E-state index in [0.717, 1.165) is 23.4 Å². The number of thiazole rings is 1. The molecule has 1 aliphatic rings. The van der Waals surface area contributed by atoms with Crippen molar-refractivity contribution in [3.63, 3.8) is 0 Å². The molecular formula is C18H20N2O4S. The van der Waals surface area contributed by atoms with Gasteiger partial charge in [0.05, 0.1) is 6.20 Å². The number of hydrogen-bond donors (Lipinski definition) is 1. The molecule has 0 spiro atoms. The summed E-state index contributed by atoms with van der Waals surface area (Å²) < 4.78 is 5.60. The van der Waals surface area contributed by atoms with Crippen molar-refractivity contribution < 1.29 is 19.4 Å². The van der Waals surface area contributed by atoms with Crippen molar-refractivity contribution in [3.8, 4) is 0 Å². The van der Waals surface area contributed by atoms with Crippen LogP contribution in [0.3, 0.4) is 0 Å². The van der Waals surface area contributed by atoms with Crippen LogP contribution >= 0.6 is 11.3 Å². The van der Waals surface area contributed by atoms with Gasteiger partial charge >= 0.3 is 5.97 Å². The zero-order chi connectivity index (χ0) is 17.8. The first kappa shape index (κ1) is 17.6. The molecule has 1 aliphatic heterocycles. The van der Waals surface area contributed by atoms with E-state index in [2.05, 4.69) is 4.98 Å². The van der Waals surface area contributed by atoms with Crippen LogP contribution in [0.25, 0.3) is 0 Å². The monoisotopic (exact) mass is 360 g/mol. The van der Waals surface area contributed by atoms with Gasteiger partial charge < -0.3 is 14.7 Å². The minimum absolute atomic E-state index is 0.0500. The van der Waals surface area contributed by atoms with E-state index in [9.17, 15) is 14.7 Å². The third-order valence-electron chi connectivity index (χ3n) is 4.22. The Morgan fingerprint density at radius 2 is 2.16 bits per heavy atom. The van der Waals surface area contributed by atoms with Crippen LogP contribution in [0.1, 0.15) is 46.1 Å². The summed E-state index contributed by atoms with van der Waals surface area (Å²) >= 11 is 1.29. The molecule has 0 bridgehead atoms. The van der Waals surface area contributed by atoms with Gasteiger partial charge in [-0.05, 0) is 25.3 Å². The Morgan fingerprint density at radius 3 is 2.80 bits per heavy atom. The number of ether oxygens (including phenoxy) is 1. The highest BCUT2D eigenvalue weighted by atomic mass is 32.1. The Balaban J connectivity index is 1.82. The van der Waals surface area contributed by atoms with Crippen LogP contribution in [0.5, 0.6) is 0 Å². The lowest BCUT2D eigenvalue weighted by molar-refractivity contribution is -0.141. The molecule has 0 saturated carbocycles. The molecule has 1 amide bonds. The number of aliphatic carboxylic acids is 1. The maximum absolute atomic E-state index is 12.9. The van der Waals surface area contributed by atoms with E-state index in [4.69, 9.17) is 4.74 Å². The molecule has 2 aromatic rings. The molecule has 132 valence electrons. The van der Waals surface area contributed by atoms with Crippen molar-refractivity contribution >= 4 is 23.2 Å². The average Bonchev–Trinajstić information content (AvgIpc) is 3.30. The van der Waals surface area contributed by atoms with Gasteiger partial charge in [-0.25, -0.2) is 9.78 Å². The number of carbonyl (C=O) groups is 2. The first-order chi connectivity index (χ1) is 12.1. The van der Waals surface area contributed by atoms with Gasteiger partial charge in [-0.1, -0.05) is 30.3 Å². The Hall–Kier alpha value is -2.25. The van der Waals surface area contributed by atoms with Crippen molar-refractivity contribution in [2.45, 2.75) is 38.5 Å². The standard InChI is InChI=1S/C18H20N2O4S/c1-12(18(22)23)20(11-13-6-3-2-4-7-13)17(21)15-10-19-16(25-15)14-8-5-9-24-14/h2-4,6-7,10,12,14H,5,8-9,11H2,1H3,(H,22,23). The quantitative estimate of drug-likeness (QED) is 0.856. The van der Waals surface area contributed by atoms with Crippen LogP contribution in [0.2, 0.25) is 0 Å². The normalized spacial score (nSPS) is 18.0. The summed E-state index contributed by atoms with van der Waals surface area (Å²) in [7, 11) is 0. The summed E-state index contributed by atoms with van der Waals surface area (Å²) in [6, 6.07) is 8.43. The first-order valence-electron chi connectivity index (χ1n) is 8.21. The number of hydrogen-bond acceptors (Lipinski definition) is 5. The van der Waals surface area contributed by atoms with Gasteiger partial charge in [0.25, 0.3) is 5.91 Å². The third-order valence-corrected chi connectivity index (χ3v) is 5.30. The summed E-state index contributed by atoms with van der Waals surface area (Å²) in [5.74, 6) is -1.35. The van der Waals surface area contributed by atoms with E-state index in [1.54, 1.807) is 0 Å². The summed E-state index contributed by atoms with van der Waals surface area (Å²) in [6.07, 6.45) is 3.37. The Labute approximate surface area is 150 Å². The lowest BCUT2D eigenvalue weighted by Gasteiger charge is -2.26. The zero-order valence-corrected chi connectivity index (χ0v) is 14.7. The molecule has 2 unspecified atom stereocenters. The molecular weight excluding hydrogens is 340 g/mol. The maximum atomic E-state index is 12.9. The Kier molecular flexibility index (Phi) is 5.45. The molecule has 1 fully saturated rings. The molecule has 2 atom stereocenters. The number of rotatable bonds is 6. The largest absolute Gasteiger partial charge is 0.480 e. The predicted molar refractivity (Wildman–Crippen MR) is 93.5 cm³/mol. The van der Waals surface area contributed by atoms with E-state index in [1.165, 1.54) is 29.4 Å². The summed E-state index contributed by atoms with van der Waals surface area (Å²) in [5, 5.41) is 10.2. The highest BCUT2D eigenvalue weighted by molar-refractivity contribution is 7.13. The van der Waals surface area contributed by atoms with Gasteiger partial charge in [-0.15, -0.1) is 11.3 Å². The smallest absolute Gasteiger partial charge is 0.326 e. The summed E-state index contributed by atoms with van der Waals surface area (Å²) in [4.78, 5) is 30.5. The van der Waals surface area contributed by atoms with Gasteiger partial charge in [0, 0.05) is 13.2 Å². The van der Waals surface area contributed by atoms with Crippen LogP contribution in [0, 0.1) is 0 Å². The minimum Gasteiger partial charge on any atom is -0.480 e. The Morgan fingerprint density at radius 1 is 1.40 bits per heavy atom. The SMILES string of the molecule is CC(C(=O)O)N(Cc1ccccc1)C(=O)c1cnc(C2CCCO2)s1. The fourth-order valence-corrected chi connectivity index (χ4v) is 3.71. The van der Waals surface area contributed by atoms with Crippen LogP contribution in [0.15, 0.2) is 36.5 Å². The molecule has 25 heavy (non-hydrogen) atoms. The fourth-order valence-electron chi connectivity index (χ4n) is 2.75. The number of amides is 1. The Bertz CT molecular complexity index is 741. The van der Waals surface area contributed by atoms with Gasteiger partial charge in [0.1, 0.15) is 22.0 Å². The molecule has 1 aromatic carbocycles. The molecule has 0 radical (unpaired) electrons. The average molecular weight is 360 g/mol. The second-order valence-corrected chi connectivity index (χ2v) is 7.06. The van der Waals surface area contributed by atoms with Crippen molar-refractivity contribution in [2.75, 3.05) is 6.61 Å². The summed E-state index contributed by atoms with van der Waals surface area (Å²) in [6.45, 7) is 2.47. The molecule has 6 nitrogen and oxygen atoms in total. The van der Waals surface area contributed by atoms with Gasteiger partial charge in [-0.3, -0.25) is 4.79 Å². The van der Waals surface area contributed by atoms with Crippen molar-refractivity contribution in [3.05, 3.63) is 52.0 Å². The lowest BCUT2D eigenvalue weighted by atomic mass is 10.1. The number of carboxylic acid groups (broad SMARTS) is 1. The highest BCUT2D eigenvalue weighted by Gasteiger charge is 2.29. The number of carboxylic acids is 1. The zero-order valence-electron chi connectivity index (χ0n) is 13.9. The molecule has 1 N–H and O–H groups in total. The fraction of sp³-hybridized carbons (Fsp3) is 0.389. The first-order valence-corrected chi connectivity index (χ1v) is 9.03. The van der Waals surface area contributed by atoms with Crippen LogP contribution < -0.4 is 0 Å². The van der Waals surface area contributed by atoms with E-state index >= 15 is 0 Å². The van der Waals surface area contributed by atoms with Crippen LogP contribution in [0.4, 0.5) is 0 Å². The highest BCUT2D eigenvalue weighted by Crippen LogP contribution is 2.32. The molecule has 7 heteroatoms. The van der Waals surface area contributed by atoms with Crippen LogP contribution in [-0.2, 0) is 16.1 Å². The predicted octanol–water partition coefficient (Wildman–Crippen LogP) is 3.11. The molecule has 0 aliphatic carbocycles. The van der Waals surface area contributed by atoms with Crippen molar-refractivity contribution in [1.29, 1.82) is 0 Å². The second-order valence-electron chi connectivity index (χ2n) is 6.00. The van der Waals surface area contributed by atoms with Gasteiger partial charge in [-0.2, -0.15) is 0 Å². The topological polar surface area (TPSA) is 79.7 Å². The number of aromatic nitrogens is 1. The molecule has 1 aromatic heterocycles. The number of nitrogens with zero attached hydrogens (tertiary/aromatic N) is 2. The summed E-state index contributed by atoms with van der Waals surface area (Å²) in [5.41, 5.74) is 0.882. The van der Waals surface area contributed by atoms with E-state index in [1.807, 2.05) is 30.3 Å². The third kappa shape index (κ3) is 4.05. The number of benzene rings is 1. The van der Waals surface area contributed by atoms with Gasteiger partial charge in [0.15, 0.2) is 0 Å². The lowest BCUT2D eigenvalue weighted by Crippen LogP contribution is -2.42. The molecule has 2 heterocycles. The molecule has 1 saturated heterocycles. The molecule has 3 rings (SSSR count). The van der Waals surface area contributed by atoms with E-state index in [-0.39, 0.29) is 18.6 Å². The van der Waals surface area contributed by atoms with Crippen LogP contribution in [-0.4, -0.2) is 39.5 Å². The van der Waals surface area contributed by atoms with Crippen molar-refractivity contribution in [2.24, 2.45) is 0 Å². The van der Waals surface area contributed by atoms with Gasteiger partial charge in [0.2, 0.25) is 0 Å². The van der Waals surface area contributed by atoms with E-state index in [0.29, 0.717) is 11.5 Å². The number of carbonyl (C=O) groups excluding carboxylic acids is 1. The maximum Gasteiger partial charge on any atom is 0.326 e. The minimum atomic E-state index is -1.03.